The van der Waals surface area contributed by atoms with E-state index in [-0.39, 0.29) is 0 Å². The molecule has 160 valence electrons. The molecule has 3 rings (SSSR count). The lowest BCUT2D eigenvalue weighted by Crippen LogP contribution is -2.45. The fraction of sp³-hybridized carbons (Fsp3) is 0.348. The number of hydrogen-bond donors (Lipinski definition) is 1. The molecule has 5 nitrogen and oxygen atoms in total. The zero-order chi connectivity index (χ0) is 21.4. The number of sulfonamides is 1. The number of carbonyl (C=O) groups excluding carboxylic acids is 1. The molecule has 0 spiro atoms. The molecule has 2 aromatic carbocycles. The van der Waals surface area contributed by atoms with Gasteiger partial charge in [0.15, 0.2) is 0 Å². The van der Waals surface area contributed by atoms with Crippen molar-refractivity contribution in [1.29, 1.82) is 0 Å². The molecule has 0 aromatic heterocycles. The second-order valence-electron chi connectivity index (χ2n) is 7.58. The summed E-state index contributed by atoms with van der Waals surface area (Å²) in [7, 11) is -3.88. The molecule has 0 radical (unpaired) electrons. The summed E-state index contributed by atoms with van der Waals surface area (Å²) in [6, 6.07) is 16.8. The van der Waals surface area contributed by atoms with Crippen molar-refractivity contribution in [2.75, 3.05) is 13.1 Å². The summed E-state index contributed by atoms with van der Waals surface area (Å²) < 4.78 is 26.6. The van der Waals surface area contributed by atoms with Gasteiger partial charge in [-0.25, -0.2) is 17.9 Å². The topological polar surface area (TPSA) is 66.5 Å². The van der Waals surface area contributed by atoms with Gasteiger partial charge in [-0.15, -0.1) is 0 Å². The average molecular weight is 447 g/mol. The maximum Gasteiger partial charge on any atom is 0.331 e. The van der Waals surface area contributed by atoms with E-state index >= 15 is 0 Å². The van der Waals surface area contributed by atoms with Crippen molar-refractivity contribution in [3.8, 4) is 0 Å². The van der Waals surface area contributed by atoms with Crippen LogP contribution < -0.4 is 4.72 Å². The van der Waals surface area contributed by atoms with Crippen LogP contribution in [0.1, 0.15) is 36.8 Å². The molecule has 7 heteroatoms. The predicted octanol–water partition coefficient (Wildman–Crippen LogP) is 5.09. The summed E-state index contributed by atoms with van der Waals surface area (Å²) in [5.74, 6) is 0.578. The van der Waals surface area contributed by atoms with E-state index in [9.17, 15) is 13.2 Å². The highest BCUT2D eigenvalue weighted by Gasteiger charge is 2.24. The molecule has 1 fully saturated rings. The van der Waals surface area contributed by atoms with E-state index in [1.54, 1.807) is 29.2 Å². The first-order chi connectivity index (χ1) is 14.4. The lowest BCUT2D eigenvalue weighted by molar-refractivity contribution is 0.172. The largest absolute Gasteiger partial charge is 0.331 e. The molecule has 1 aliphatic heterocycles. The maximum absolute atomic E-state index is 12.4. The van der Waals surface area contributed by atoms with Crippen LogP contribution in [0, 0.1) is 5.92 Å². The second kappa shape index (κ2) is 10.6. The molecule has 0 unspecified atom stereocenters. The van der Waals surface area contributed by atoms with Crippen molar-refractivity contribution in [2.45, 2.75) is 32.1 Å². The number of urea groups is 1. The van der Waals surface area contributed by atoms with E-state index in [2.05, 4.69) is 29.0 Å². The van der Waals surface area contributed by atoms with Crippen LogP contribution in [-0.4, -0.2) is 32.4 Å². The molecule has 0 saturated carbocycles. The fourth-order valence-electron chi connectivity index (χ4n) is 3.66. The van der Waals surface area contributed by atoms with Gasteiger partial charge in [0, 0.05) is 18.1 Å². The molecular weight excluding hydrogens is 420 g/mol. The monoisotopic (exact) mass is 446 g/mol. The van der Waals surface area contributed by atoms with E-state index < -0.39 is 16.1 Å². The minimum absolute atomic E-state index is 0.449. The second-order valence-corrected chi connectivity index (χ2v) is 9.56. The minimum Gasteiger partial charge on any atom is -0.324 e. The Bertz CT molecular complexity index is 969. The van der Waals surface area contributed by atoms with Crippen molar-refractivity contribution in [3.63, 3.8) is 0 Å². The minimum atomic E-state index is -3.88. The van der Waals surface area contributed by atoms with Gasteiger partial charge < -0.3 is 4.90 Å². The van der Waals surface area contributed by atoms with E-state index in [4.69, 9.17) is 11.6 Å². The Morgan fingerprint density at radius 3 is 2.43 bits per heavy atom. The molecule has 0 aliphatic carbocycles. The average Bonchev–Trinajstić information content (AvgIpc) is 2.74. The number of piperidine rings is 1. The summed E-state index contributed by atoms with van der Waals surface area (Å²) in [6.45, 7) is 1.15. The van der Waals surface area contributed by atoms with Crippen molar-refractivity contribution in [2.24, 2.45) is 5.92 Å². The Balaban J connectivity index is 1.42. The van der Waals surface area contributed by atoms with Gasteiger partial charge >= 0.3 is 6.03 Å². The molecule has 1 N–H and O–H groups in total. The third kappa shape index (κ3) is 6.89. The molecule has 1 aliphatic rings. The number of halogens is 1. The third-order valence-electron chi connectivity index (χ3n) is 5.38. The molecule has 0 atom stereocenters. The number of hydrogen-bond acceptors (Lipinski definition) is 3. The van der Waals surface area contributed by atoms with Gasteiger partial charge in [0.05, 0.1) is 5.41 Å². The van der Waals surface area contributed by atoms with Gasteiger partial charge in [0.2, 0.25) is 0 Å². The Morgan fingerprint density at radius 2 is 1.73 bits per heavy atom. The molecule has 0 bridgehead atoms. The molecule has 1 heterocycles. The Kier molecular flexibility index (Phi) is 7.94. The van der Waals surface area contributed by atoms with E-state index in [0.717, 1.165) is 37.5 Å². The van der Waals surface area contributed by atoms with Crippen LogP contribution in [0.15, 0.2) is 60.0 Å². The standard InChI is InChI=1S/C23H27ClN2O3S/c24-22-12-5-4-11-21(22)15-18-30(28,29)25-23(27)26-16-13-20(14-17-26)10-6-9-19-7-2-1-3-8-19/h1-5,7-8,11-12,15,18,20H,6,9-10,13-14,16-17H2,(H,25,27)/b18-15+. The molecule has 2 aromatic rings. The lowest BCUT2D eigenvalue weighted by Gasteiger charge is -2.31. The molecular formula is C23H27ClN2O3S. The van der Waals surface area contributed by atoms with Gasteiger partial charge in [0.25, 0.3) is 10.0 Å². The number of likely N-dealkylation sites (tertiary alicyclic amines) is 1. The Labute approximate surface area is 183 Å². The lowest BCUT2D eigenvalue weighted by atomic mass is 9.91. The normalized spacial score (nSPS) is 15.4. The van der Waals surface area contributed by atoms with Crippen LogP contribution in [0.25, 0.3) is 6.08 Å². The first-order valence-corrected chi connectivity index (χ1v) is 12.1. The maximum atomic E-state index is 12.4. The predicted molar refractivity (Wildman–Crippen MR) is 122 cm³/mol. The zero-order valence-electron chi connectivity index (χ0n) is 16.8. The summed E-state index contributed by atoms with van der Waals surface area (Å²) in [4.78, 5) is 14.0. The van der Waals surface area contributed by atoms with Gasteiger partial charge in [-0.3, -0.25) is 0 Å². The number of amides is 2. The van der Waals surface area contributed by atoms with Crippen LogP contribution >= 0.6 is 11.6 Å². The van der Waals surface area contributed by atoms with Crippen LogP contribution in [0.3, 0.4) is 0 Å². The number of rotatable bonds is 7. The number of nitrogens with one attached hydrogen (secondary N) is 1. The highest BCUT2D eigenvalue weighted by molar-refractivity contribution is 7.93. The number of aryl methyl sites for hydroxylation is 1. The molecule has 2 amide bonds. The Hall–Kier alpha value is -2.31. The van der Waals surface area contributed by atoms with Crippen LogP contribution in [0.5, 0.6) is 0 Å². The summed E-state index contributed by atoms with van der Waals surface area (Å²) in [5.41, 5.74) is 1.93. The zero-order valence-corrected chi connectivity index (χ0v) is 18.4. The van der Waals surface area contributed by atoms with Gasteiger partial charge in [-0.2, -0.15) is 0 Å². The van der Waals surface area contributed by atoms with Crippen molar-refractivity contribution < 1.29 is 13.2 Å². The summed E-state index contributed by atoms with van der Waals surface area (Å²) in [5, 5.41) is 1.42. The third-order valence-corrected chi connectivity index (χ3v) is 6.68. The van der Waals surface area contributed by atoms with Crippen molar-refractivity contribution >= 4 is 33.7 Å². The van der Waals surface area contributed by atoms with Gasteiger partial charge in [-0.05, 0) is 61.3 Å². The highest BCUT2D eigenvalue weighted by Crippen LogP contribution is 2.23. The highest BCUT2D eigenvalue weighted by atomic mass is 35.5. The smallest absolute Gasteiger partial charge is 0.324 e. The first-order valence-electron chi connectivity index (χ1n) is 10.2. The Morgan fingerprint density at radius 1 is 1.07 bits per heavy atom. The number of carbonyl (C=O) groups is 1. The van der Waals surface area contributed by atoms with Crippen LogP contribution in [0.2, 0.25) is 5.02 Å². The quantitative estimate of drug-likeness (QED) is 0.644. The summed E-state index contributed by atoms with van der Waals surface area (Å²) in [6.07, 6.45) is 6.51. The first kappa shape index (κ1) is 22.4. The fourth-order valence-corrected chi connectivity index (χ4v) is 4.62. The van der Waals surface area contributed by atoms with Gasteiger partial charge in [-0.1, -0.05) is 60.1 Å². The van der Waals surface area contributed by atoms with Crippen molar-refractivity contribution in [1.82, 2.24) is 9.62 Å². The van der Waals surface area contributed by atoms with E-state index in [1.807, 2.05) is 6.07 Å². The van der Waals surface area contributed by atoms with Crippen LogP contribution in [-0.2, 0) is 16.4 Å². The number of benzene rings is 2. The summed E-state index contributed by atoms with van der Waals surface area (Å²) >= 11 is 6.02. The van der Waals surface area contributed by atoms with E-state index in [0.29, 0.717) is 29.6 Å². The van der Waals surface area contributed by atoms with E-state index in [1.165, 1.54) is 11.6 Å². The molecule has 30 heavy (non-hydrogen) atoms. The van der Waals surface area contributed by atoms with Crippen LogP contribution in [0.4, 0.5) is 4.79 Å². The molecule has 1 saturated heterocycles. The SMILES string of the molecule is O=C(NS(=O)(=O)/C=C/c1ccccc1Cl)N1CCC(CCCc2ccccc2)CC1. The van der Waals surface area contributed by atoms with Gasteiger partial charge in [0.1, 0.15) is 0 Å². The van der Waals surface area contributed by atoms with Crippen molar-refractivity contribution in [3.05, 3.63) is 76.2 Å². The number of nitrogens with zero attached hydrogens (tertiary/aromatic N) is 1.